The summed E-state index contributed by atoms with van der Waals surface area (Å²) < 4.78 is 0. The van der Waals surface area contributed by atoms with Gasteiger partial charge in [-0.3, -0.25) is 9.88 Å². The Morgan fingerprint density at radius 3 is 2.48 bits per heavy atom. The zero-order chi connectivity index (χ0) is 15.0. The smallest absolute Gasteiger partial charge is 0.0449 e. The molecule has 0 amide bonds. The third-order valence-corrected chi connectivity index (χ3v) is 4.43. The first-order valence-electron chi connectivity index (χ1n) is 7.70. The minimum Gasteiger partial charge on any atom is -0.398 e. The molecule has 1 saturated heterocycles. The molecular formula is C17H24N4. The van der Waals surface area contributed by atoms with Crippen molar-refractivity contribution >= 4 is 22.1 Å². The summed E-state index contributed by atoms with van der Waals surface area (Å²) >= 11 is 0. The Morgan fingerprint density at radius 1 is 1.10 bits per heavy atom. The Labute approximate surface area is 126 Å². The quantitative estimate of drug-likeness (QED) is 0.861. The van der Waals surface area contributed by atoms with E-state index in [1.807, 2.05) is 19.2 Å². The summed E-state index contributed by atoms with van der Waals surface area (Å²) in [5, 5.41) is 2.28. The van der Waals surface area contributed by atoms with Gasteiger partial charge in [0.1, 0.15) is 0 Å². The molecule has 2 N–H and O–H groups in total. The summed E-state index contributed by atoms with van der Waals surface area (Å²) in [6.45, 7) is 10.9. The number of anilines is 2. The number of nitrogens with two attached hydrogens (primary N) is 1. The molecule has 112 valence electrons. The summed E-state index contributed by atoms with van der Waals surface area (Å²) in [5.74, 6) is 0. The Hall–Kier alpha value is -1.81. The first kappa shape index (κ1) is 14.1. The number of pyridine rings is 1. The van der Waals surface area contributed by atoms with Gasteiger partial charge in [-0.05, 0) is 39.0 Å². The van der Waals surface area contributed by atoms with Crippen LogP contribution in [0.2, 0.25) is 0 Å². The highest BCUT2D eigenvalue weighted by Gasteiger charge is 2.20. The van der Waals surface area contributed by atoms with Gasteiger partial charge in [0.2, 0.25) is 0 Å². The molecular weight excluding hydrogens is 260 g/mol. The minimum atomic E-state index is 0.627. The molecule has 0 saturated carbocycles. The fourth-order valence-corrected chi connectivity index (χ4v) is 3.11. The highest BCUT2D eigenvalue weighted by molar-refractivity contribution is 6.01. The van der Waals surface area contributed by atoms with Crippen LogP contribution in [0.5, 0.6) is 0 Å². The summed E-state index contributed by atoms with van der Waals surface area (Å²) in [6.07, 6.45) is 1.90. The van der Waals surface area contributed by atoms with Crippen molar-refractivity contribution in [3.63, 3.8) is 0 Å². The highest BCUT2D eigenvalue weighted by atomic mass is 15.3. The lowest BCUT2D eigenvalue weighted by atomic mass is 10.1. The van der Waals surface area contributed by atoms with Crippen LogP contribution in [0.3, 0.4) is 0 Å². The monoisotopic (exact) mass is 284 g/mol. The summed E-state index contributed by atoms with van der Waals surface area (Å²) in [5.41, 5.74) is 9.23. The molecule has 0 atom stereocenters. The third-order valence-electron chi connectivity index (χ3n) is 4.43. The van der Waals surface area contributed by atoms with E-state index >= 15 is 0 Å². The molecule has 21 heavy (non-hydrogen) atoms. The number of fused-ring (bicyclic) bond motifs is 1. The maximum absolute atomic E-state index is 6.10. The second-order valence-electron chi connectivity index (χ2n) is 6.16. The van der Waals surface area contributed by atoms with Crippen molar-refractivity contribution in [1.82, 2.24) is 9.88 Å². The van der Waals surface area contributed by atoms with E-state index in [-0.39, 0.29) is 0 Å². The van der Waals surface area contributed by atoms with Crippen LogP contribution in [0.15, 0.2) is 24.4 Å². The van der Waals surface area contributed by atoms with E-state index in [9.17, 15) is 0 Å². The summed E-state index contributed by atoms with van der Waals surface area (Å²) in [4.78, 5) is 9.39. The van der Waals surface area contributed by atoms with Crippen LogP contribution in [0, 0.1) is 6.92 Å². The normalized spacial score (nSPS) is 16.9. The molecule has 1 aliphatic heterocycles. The number of nitrogen functional groups attached to an aromatic ring is 1. The number of hydrogen-bond acceptors (Lipinski definition) is 4. The molecule has 4 heteroatoms. The maximum atomic E-state index is 6.10. The Balaban J connectivity index is 1.94. The van der Waals surface area contributed by atoms with Gasteiger partial charge in [0, 0.05) is 66.3 Å². The largest absolute Gasteiger partial charge is 0.398 e. The highest BCUT2D eigenvalue weighted by Crippen LogP contribution is 2.31. The van der Waals surface area contributed by atoms with Gasteiger partial charge in [-0.25, -0.2) is 0 Å². The topological polar surface area (TPSA) is 45.4 Å². The lowest BCUT2D eigenvalue weighted by Gasteiger charge is -2.38. The second-order valence-corrected chi connectivity index (χ2v) is 6.16. The van der Waals surface area contributed by atoms with Gasteiger partial charge in [0.05, 0.1) is 0 Å². The first-order chi connectivity index (χ1) is 10.1. The van der Waals surface area contributed by atoms with Crippen molar-refractivity contribution in [3.05, 3.63) is 30.1 Å². The zero-order valence-corrected chi connectivity index (χ0v) is 13.1. The van der Waals surface area contributed by atoms with E-state index in [0.717, 1.165) is 42.9 Å². The molecule has 3 rings (SSSR count). The number of nitrogens with zero attached hydrogens (tertiary/aromatic N) is 3. The van der Waals surface area contributed by atoms with Crippen molar-refractivity contribution in [1.29, 1.82) is 0 Å². The molecule has 0 aliphatic carbocycles. The summed E-state index contributed by atoms with van der Waals surface area (Å²) in [7, 11) is 0. The predicted octanol–water partition coefficient (Wildman–Crippen LogP) is 2.66. The minimum absolute atomic E-state index is 0.627. The van der Waals surface area contributed by atoms with Crippen LogP contribution in [-0.4, -0.2) is 42.1 Å². The van der Waals surface area contributed by atoms with E-state index < -0.39 is 0 Å². The molecule has 1 aromatic heterocycles. The number of rotatable bonds is 2. The van der Waals surface area contributed by atoms with Gasteiger partial charge >= 0.3 is 0 Å². The lowest BCUT2D eigenvalue weighted by molar-refractivity contribution is 0.209. The number of piperazine rings is 1. The molecule has 0 unspecified atom stereocenters. The van der Waals surface area contributed by atoms with Gasteiger partial charge in [0.25, 0.3) is 0 Å². The van der Waals surface area contributed by atoms with Crippen LogP contribution in [0.4, 0.5) is 11.4 Å². The maximum Gasteiger partial charge on any atom is 0.0449 e. The SMILES string of the molecule is Cc1cc2c(N3CCN(C(C)C)CC3)ccc(N)c2cn1. The van der Waals surface area contributed by atoms with Gasteiger partial charge in [-0.2, -0.15) is 0 Å². The molecule has 0 bridgehead atoms. The van der Waals surface area contributed by atoms with E-state index in [4.69, 9.17) is 5.73 Å². The molecule has 2 aromatic rings. The fourth-order valence-electron chi connectivity index (χ4n) is 3.11. The fraction of sp³-hybridized carbons (Fsp3) is 0.471. The van der Waals surface area contributed by atoms with E-state index in [2.05, 4.69) is 40.8 Å². The molecule has 1 aromatic carbocycles. The molecule has 1 fully saturated rings. The molecule has 0 spiro atoms. The molecule has 0 radical (unpaired) electrons. The Bertz CT molecular complexity index is 643. The number of benzene rings is 1. The van der Waals surface area contributed by atoms with Gasteiger partial charge in [-0.1, -0.05) is 0 Å². The van der Waals surface area contributed by atoms with Crippen molar-refractivity contribution < 1.29 is 0 Å². The first-order valence-corrected chi connectivity index (χ1v) is 7.70. The van der Waals surface area contributed by atoms with Crippen molar-refractivity contribution in [2.75, 3.05) is 36.8 Å². The Morgan fingerprint density at radius 2 is 1.81 bits per heavy atom. The molecule has 1 aliphatic rings. The Kier molecular flexibility index (Phi) is 3.72. The number of hydrogen-bond donors (Lipinski definition) is 1. The van der Waals surface area contributed by atoms with Crippen molar-refractivity contribution in [2.24, 2.45) is 0 Å². The van der Waals surface area contributed by atoms with Crippen LogP contribution >= 0.6 is 0 Å². The van der Waals surface area contributed by atoms with Crippen molar-refractivity contribution in [3.8, 4) is 0 Å². The van der Waals surface area contributed by atoms with Crippen LogP contribution in [-0.2, 0) is 0 Å². The number of aryl methyl sites for hydroxylation is 1. The third kappa shape index (κ3) is 2.68. The predicted molar refractivity (Wildman–Crippen MR) is 89.8 cm³/mol. The second kappa shape index (κ2) is 5.53. The lowest BCUT2D eigenvalue weighted by Crippen LogP contribution is -2.48. The molecule has 2 heterocycles. The van der Waals surface area contributed by atoms with Gasteiger partial charge in [0.15, 0.2) is 0 Å². The summed E-state index contributed by atoms with van der Waals surface area (Å²) in [6, 6.07) is 6.93. The van der Waals surface area contributed by atoms with E-state index in [0.29, 0.717) is 6.04 Å². The average Bonchev–Trinajstić information content (AvgIpc) is 2.47. The van der Waals surface area contributed by atoms with E-state index in [1.54, 1.807) is 0 Å². The van der Waals surface area contributed by atoms with Crippen LogP contribution in [0.1, 0.15) is 19.5 Å². The number of aromatic nitrogens is 1. The standard InChI is InChI=1S/C17H24N4/c1-12(2)20-6-8-21(9-7-20)17-5-4-16(18)15-11-19-13(3)10-14(15)17/h4-5,10-12H,6-9,18H2,1-3H3. The van der Waals surface area contributed by atoms with E-state index in [1.165, 1.54) is 11.1 Å². The van der Waals surface area contributed by atoms with Gasteiger partial charge in [-0.15, -0.1) is 0 Å². The zero-order valence-electron chi connectivity index (χ0n) is 13.1. The van der Waals surface area contributed by atoms with Gasteiger partial charge < -0.3 is 10.6 Å². The van der Waals surface area contributed by atoms with Crippen molar-refractivity contribution in [2.45, 2.75) is 26.8 Å². The van der Waals surface area contributed by atoms with Crippen LogP contribution < -0.4 is 10.6 Å². The average molecular weight is 284 g/mol. The molecule has 4 nitrogen and oxygen atoms in total. The van der Waals surface area contributed by atoms with Crippen LogP contribution in [0.25, 0.3) is 10.8 Å².